The summed E-state index contributed by atoms with van der Waals surface area (Å²) in [5, 5.41) is 9.90. The lowest BCUT2D eigenvalue weighted by molar-refractivity contribution is 0.223. The van der Waals surface area contributed by atoms with E-state index in [1.54, 1.807) is 0 Å². The molecule has 5 nitrogen and oxygen atoms in total. The lowest BCUT2D eigenvalue weighted by Gasteiger charge is -2.27. The summed E-state index contributed by atoms with van der Waals surface area (Å²) < 4.78 is 42.0. The van der Waals surface area contributed by atoms with Crippen LogP contribution < -0.4 is 4.31 Å². The number of anilines is 1. The Balaban J connectivity index is 2.62. The molecule has 0 bridgehead atoms. The van der Waals surface area contributed by atoms with Crippen LogP contribution in [0.3, 0.4) is 0 Å². The van der Waals surface area contributed by atoms with Crippen molar-refractivity contribution >= 4 is 15.7 Å². The van der Waals surface area contributed by atoms with Gasteiger partial charge in [-0.1, -0.05) is 19.9 Å². The number of hydrogen-bond acceptors (Lipinski definition) is 4. The molecule has 0 radical (unpaired) electrons. The molecule has 1 heterocycles. The van der Waals surface area contributed by atoms with Crippen molar-refractivity contribution < 1.29 is 17.9 Å². The van der Waals surface area contributed by atoms with Gasteiger partial charge in [-0.25, -0.2) is 12.8 Å². The quantitative estimate of drug-likeness (QED) is 0.726. The van der Waals surface area contributed by atoms with E-state index in [4.69, 9.17) is 0 Å². The van der Waals surface area contributed by atoms with Crippen LogP contribution in [0.1, 0.15) is 36.8 Å². The van der Waals surface area contributed by atoms with Gasteiger partial charge in [-0.15, -0.1) is 6.58 Å². The fourth-order valence-corrected chi connectivity index (χ4v) is 4.49. The summed E-state index contributed by atoms with van der Waals surface area (Å²) in [5.74, 6) is -0.635. The maximum Gasteiger partial charge on any atom is 0.264 e. The number of pyridine rings is 1. The zero-order valence-corrected chi connectivity index (χ0v) is 16.8. The molecule has 0 amide bonds. The molecule has 0 fully saturated rings. The Morgan fingerprint density at radius 2 is 1.96 bits per heavy atom. The van der Waals surface area contributed by atoms with Crippen molar-refractivity contribution in [3.05, 3.63) is 65.8 Å². The molecular formula is C20H25FN2O3S. The zero-order valence-electron chi connectivity index (χ0n) is 16.0. The molecule has 0 saturated carbocycles. The van der Waals surface area contributed by atoms with Crippen LogP contribution >= 0.6 is 0 Å². The van der Waals surface area contributed by atoms with Crippen molar-refractivity contribution in [2.24, 2.45) is 5.92 Å². The highest BCUT2D eigenvalue weighted by Gasteiger charge is 2.28. The number of benzene rings is 1. The van der Waals surface area contributed by atoms with Crippen LogP contribution in [-0.2, 0) is 10.0 Å². The third-order valence-corrected chi connectivity index (χ3v) is 5.89. The Hall–Kier alpha value is -2.25. The normalized spacial score (nSPS) is 12.9. The van der Waals surface area contributed by atoms with Gasteiger partial charge in [-0.05, 0) is 49.6 Å². The van der Waals surface area contributed by atoms with E-state index < -0.39 is 21.9 Å². The number of aryl methyl sites for hydroxylation is 2. The highest BCUT2D eigenvalue weighted by atomic mass is 32.2. The number of aliphatic hydroxyl groups is 1. The van der Waals surface area contributed by atoms with Crippen LogP contribution in [-0.4, -0.2) is 25.1 Å². The SMILES string of the molecule is C=CC(O)c1cc(S(=O)(=O)N(CC(C)C)c2cnc(C)cc2C)ccc1F. The number of halogens is 1. The molecule has 0 saturated heterocycles. The first kappa shape index (κ1) is 21.1. The third kappa shape index (κ3) is 4.54. The molecule has 0 aliphatic carbocycles. The summed E-state index contributed by atoms with van der Waals surface area (Å²) in [6.45, 7) is 11.2. The van der Waals surface area contributed by atoms with Crippen LogP contribution in [0, 0.1) is 25.6 Å². The molecule has 7 heteroatoms. The van der Waals surface area contributed by atoms with E-state index in [-0.39, 0.29) is 22.9 Å². The molecule has 146 valence electrons. The fraction of sp³-hybridized carbons (Fsp3) is 0.350. The van der Waals surface area contributed by atoms with Gasteiger partial charge in [0.15, 0.2) is 0 Å². The van der Waals surface area contributed by atoms with Gasteiger partial charge >= 0.3 is 0 Å². The second kappa shape index (κ2) is 8.19. The Bertz CT molecular complexity index is 942. The number of aromatic nitrogens is 1. The van der Waals surface area contributed by atoms with E-state index in [0.717, 1.165) is 29.5 Å². The van der Waals surface area contributed by atoms with Crippen molar-refractivity contribution in [2.45, 2.75) is 38.7 Å². The maximum atomic E-state index is 14.0. The fourth-order valence-electron chi connectivity index (χ4n) is 2.77. The minimum Gasteiger partial charge on any atom is -0.384 e. The Kier molecular flexibility index (Phi) is 6.38. The van der Waals surface area contributed by atoms with Crippen molar-refractivity contribution in [2.75, 3.05) is 10.8 Å². The van der Waals surface area contributed by atoms with Gasteiger partial charge < -0.3 is 5.11 Å². The van der Waals surface area contributed by atoms with Gasteiger partial charge in [0.1, 0.15) is 5.82 Å². The van der Waals surface area contributed by atoms with E-state index in [2.05, 4.69) is 11.6 Å². The first-order valence-electron chi connectivity index (χ1n) is 8.64. The predicted octanol–water partition coefficient (Wildman–Crippen LogP) is 3.91. The molecule has 1 N–H and O–H groups in total. The molecule has 1 unspecified atom stereocenters. The van der Waals surface area contributed by atoms with Gasteiger partial charge in [0, 0.05) is 17.8 Å². The highest BCUT2D eigenvalue weighted by molar-refractivity contribution is 7.92. The molecule has 2 rings (SSSR count). The molecule has 1 aromatic heterocycles. The molecular weight excluding hydrogens is 367 g/mol. The smallest absolute Gasteiger partial charge is 0.264 e. The molecule has 0 spiro atoms. The van der Waals surface area contributed by atoms with Crippen molar-refractivity contribution in [1.82, 2.24) is 4.98 Å². The van der Waals surface area contributed by atoms with E-state index >= 15 is 0 Å². The summed E-state index contributed by atoms with van der Waals surface area (Å²) in [5.41, 5.74) is 1.91. The van der Waals surface area contributed by atoms with E-state index in [1.807, 2.05) is 33.8 Å². The molecule has 0 aliphatic heterocycles. The average Bonchev–Trinajstić information content (AvgIpc) is 2.59. The number of rotatable bonds is 7. The molecule has 0 aliphatic rings. The summed E-state index contributed by atoms with van der Waals surface area (Å²) in [6, 6.07) is 5.22. The third-order valence-electron chi connectivity index (χ3n) is 4.12. The second-order valence-electron chi connectivity index (χ2n) is 6.91. The van der Waals surface area contributed by atoms with Crippen LogP contribution in [0.15, 0.2) is 48.0 Å². The van der Waals surface area contributed by atoms with E-state index in [1.165, 1.54) is 16.6 Å². The van der Waals surface area contributed by atoms with Crippen molar-refractivity contribution in [3.63, 3.8) is 0 Å². The second-order valence-corrected chi connectivity index (χ2v) is 8.77. The first-order valence-corrected chi connectivity index (χ1v) is 10.1. The summed E-state index contributed by atoms with van der Waals surface area (Å²) in [7, 11) is -3.98. The average molecular weight is 392 g/mol. The Morgan fingerprint density at radius 1 is 1.30 bits per heavy atom. The van der Waals surface area contributed by atoms with Crippen LogP contribution in [0.5, 0.6) is 0 Å². The number of hydrogen-bond donors (Lipinski definition) is 1. The topological polar surface area (TPSA) is 70.5 Å². The maximum absolute atomic E-state index is 14.0. The molecule has 27 heavy (non-hydrogen) atoms. The number of nitrogens with zero attached hydrogens (tertiary/aromatic N) is 2. The molecule has 1 atom stereocenters. The van der Waals surface area contributed by atoms with Crippen LogP contribution in [0.4, 0.5) is 10.1 Å². The van der Waals surface area contributed by atoms with Crippen LogP contribution in [0.25, 0.3) is 0 Å². The largest absolute Gasteiger partial charge is 0.384 e. The minimum atomic E-state index is -3.98. The number of aliphatic hydroxyl groups excluding tert-OH is 1. The van der Waals surface area contributed by atoms with Gasteiger partial charge in [0.25, 0.3) is 10.0 Å². The Morgan fingerprint density at radius 3 is 2.52 bits per heavy atom. The number of sulfonamides is 1. The molecule has 1 aromatic carbocycles. The van der Waals surface area contributed by atoms with Crippen molar-refractivity contribution in [3.8, 4) is 0 Å². The minimum absolute atomic E-state index is 0.0548. The standard InChI is InChI=1S/C20H25FN2O3S/c1-6-20(24)17-10-16(7-8-18(17)21)27(25,26)23(12-13(2)3)19-11-22-15(5)9-14(19)4/h6-11,13,20,24H,1,12H2,2-5H3. The van der Waals surface area contributed by atoms with Crippen LogP contribution in [0.2, 0.25) is 0 Å². The Labute approximate surface area is 160 Å². The highest BCUT2D eigenvalue weighted by Crippen LogP contribution is 2.30. The van der Waals surface area contributed by atoms with Gasteiger partial charge in [0.2, 0.25) is 0 Å². The van der Waals surface area contributed by atoms with Gasteiger partial charge in [-0.3, -0.25) is 9.29 Å². The van der Waals surface area contributed by atoms with Crippen molar-refractivity contribution in [1.29, 1.82) is 0 Å². The first-order chi connectivity index (χ1) is 12.6. The van der Waals surface area contributed by atoms with E-state index in [9.17, 15) is 17.9 Å². The van der Waals surface area contributed by atoms with Gasteiger partial charge in [0.05, 0.1) is 22.9 Å². The summed E-state index contributed by atoms with van der Waals surface area (Å²) in [6.07, 6.45) is 1.39. The lowest BCUT2D eigenvalue weighted by Crippen LogP contribution is -2.35. The van der Waals surface area contributed by atoms with Gasteiger partial charge in [-0.2, -0.15) is 0 Å². The zero-order chi connectivity index (χ0) is 20.4. The monoisotopic (exact) mass is 392 g/mol. The van der Waals surface area contributed by atoms with E-state index in [0.29, 0.717) is 5.69 Å². The summed E-state index contributed by atoms with van der Waals surface area (Å²) >= 11 is 0. The predicted molar refractivity (Wildman–Crippen MR) is 105 cm³/mol. The molecule has 2 aromatic rings. The summed E-state index contributed by atoms with van der Waals surface area (Å²) in [4.78, 5) is 4.13. The lowest BCUT2D eigenvalue weighted by atomic mass is 10.1.